The molecular weight excluding hydrogens is 287 g/mol. The number of carbonyl (C=O) groups excluding carboxylic acids is 1. The predicted octanol–water partition coefficient (Wildman–Crippen LogP) is 1.41. The smallest absolute Gasteiger partial charge is 0.354 e. The van der Waals surface area contributed by atoms with E-state index in [2.05, 4.69) is 9.97 Å². The van der Waals surface area contributed by atoms with Gasteiger partial charge in [0.1, 0.15) is 0 Å². The molecule has 10 heteroatoms. The molecule has 0 aliphatic heterocycles. The number of halogens is 1. The number of rotatable bonds is 4. The molecule has 1 amide bonds. The van der Waals surface area contributed by atoms with Gasteiger partial charge in [-0.2, -0.15) is 0 Å². The third-order valence-electron chi connectivity index (χ3n) is 2.50. The zero-order valence-corrected chi connectivity index (χ0v) is 10.2. The topological polar surface area (TPSA) is 138 Å². The Morgan fingerprint density at radius 1 is 1.43 bits per heavy atom. The number of hydrogen-bond acceptors (Lipinski definition) is 5. The second kappa shape index (κ2) is 5.36. The number of nitrogens with one attached hydrogen (secondary N) is 2. The number of carbonyl (C=O) groups is 2. The summed E-state index contributed by atoms with van der Waals surface area (Å²) in [6.07, 6.45) is 0.966. The molecular formula is C11H7FN4O5. The van der Waals surface area contributed by atoms with E-state index < -0.39 is 45.4 Å². The summed E-state index contributed by atoms with van der Waals surface area (Å²) < 4.78 is 13.6. The van der Waals surface area contributed by atoms with E-state index >= 15 is 0 Å². The Morgan fingerprint density at radius 3 is 2.76 bits per heavy atom. The summed E-state index contributed by atoms with van der Waals surface area (Å²) in [4.78, 5) is 38.4. The minimum absolute atomic E-state index is 0.508. The summed E-state index contributed by atoms with van der Waals surface area (Å²) in [5.74, 6) is -3.55. The Balaban J connectivity index is 2.39. The van der Waals surface area contributed by atoms with E-state index in [0.717, 1.165) is 24.5 Å². The van der Waals surface area contributed by atoms with Crippen LogP contribution in [0.4, 0.5) is 15.8 Å². The number of aromatic carboxylic acids is 1. The third-order valence-corrected chi connectivity index (χ3v) is 2.50. The number of carboxylic acids is 1. The van der Waals surface area contributed by atoms with Crippen molar-refractivity contribution in [1.82, 2.24) is 9.97 Å². The van der Waals surface area contributed by atoms with Crippen molar-refractivity contribution in [3.8, 4) is 0 Å². The molecule has 1 heterocycles. The van der Waals surface area contributed by atoms with Crippen LogP contribution in [0.3, 0.4) is 0 Å². The molecule has 1 aromatic carbocycles. The van der Waals surface area contributed by atoms with Crippen LogP contribution in [0.5, 0.6) is 0 Å². The van der Waals surface area contributed by atoms with Crippen molar-refractivity contribution < 1.29 is 24.0 Å². The summed E-state index contributed by atoms with van der Waals surface area (Å²) in [5, 5.41) is 21.6. The van der Waals surface area contributed by atoms with Gasteiger partial charge >= 0.3 is 5.97 Å². The van der Waals surface area contributed by atoms with E-state index in [0.29, 0.717) is 0 Å². The highest BCUT2D eigenvalue weighted by Gasteiger charge is 2.24. The fourth-order valence-corrected chi connectivity index (χ4v) is 1.59. The van der Waals surface area contributed by atoms with Crippen LogP contribution in [0, 0.1) is 15.9 Å². The summed E-state index contributed by atoms with van der Waals surface area (Å²) in [5.41, 5.74) is -2.34. The van der Waals surface area contributed by atoms with Crippen LogP contribution in [-0.4, -0.2) is 31.9 Å². The van der Waals surface area contributed by atoms with Crippen LogP contribution < -0.4 is 5.32 Å². The van der Waals surface area contributed by atoms with E-state index in [1.165, 1.54) is 0 Å². The van der Waals surface area contributed by atoms with Gasteiger partial charge in [-0.15, -0.1) is 0 Å². The first-order valence-electron chi connectivity index (χ1n) is 5.42. The number of nitro groups is 1. The standard InChI is InChI=1S/C11H7FN4O5/c12-5-2-1-3-6(16(20)21)7(5)15-10(17)8-9(11(18)19)14-4-13-8/h1-4H,(H,13,14)(H,15,17)(H,18,19). The van der Waals surface area contributed by atoms with Gasteiger partial charge in [0.05, 0.1) is 11.3 Å². The van der Waals surface area contributed by atoms with E-state index in [-0.39, 0.29) is 0 Å². The molecule has 0 aliphatic rings. The Hall–Kier alpha value is -3.30. The minimum Gasteiger partial charge on any atom is -0.477 e. The monoisotopic (exact) mass is 294 g/mol. The average Bonchev–Trinajstić information content (AvgIpc) is 2.90. The van der Waals surface area contributed by atoms with Crippen molar-refractivity contribution in [1.29, 1.82) is 0 Å². The molecule has 9 nitrogen and oxygen atoms in total. The molecule has 0 fully saturated rings. The molecule has 21 heavy (non-hydrogen) atoms. The summed E-state index contributed by atoms with van der Waals surface area (Å²) in [7, 11) is 0. The molecule has 0 spiro atoms. The zero-order chi connectivity index (χ0) is 15.6. The molecule has 3 N–H and O–H groups in total. The van der Waals surface area contributed by atoms with Crippen molar-refractivity contribution in [3.63, 3.8) is 0 Å². The van der Waals surface area contributed by atoms with E-state index in [4.69, 9.17) is 5.11 Å². The molecule has 0 saturated heterocycles. The summed E-state index contributed by atoms with van der Waals surface area (Å²) in [6.45, 7) is 0. The van der Waals surface area contributed by atoms with Gasteiger partial charge in [0.2, 0.25) is 0 Å². The zero-order valence-electron chi connectivity index (χ0n) is 10.2. The van der Waals surface area contributed by atoms with Gasteiger partial charge in [-0.3, -0.25) is 14.9 Å². The number of nitrogens with zero attached hydrogens (tertiary/aromatic N) is 2. The number of imidazole rings is 1. The molecule has 0 saturated carbocycles. The highest BCUT2D eigenvalue weighted by atomic mass is 19.1. The molecule has 2 rings (SSSR count). The molecule has 0 bridgehead atoms. The van der Waals surface area contributed by atoms with Crippen LogP contribution >= 0.6 is 0 Å². The Bertz CT molecular complexity index is 742. The number of carboxylic acid groups (broad SMARTS) is 1. The Kier molecular flexibility index (Phi) is 3.61. The second-order valence-electron chi connectivity index (χ2n) is 3.78. The first-order chi connectivity index (χ1) is 9.91. The van der Waals surface area contributed by atoms with Crippen molar-refractivity contribution in [2.75, 3.05) is 5.32 Å². The fourth-order valence-electron chi connectivity index (χ4n) is 1.59. The number of para-hydroxylation sites is 1. The lowest BCUT2D eigenvalue weighted by molar-refractivity contribution is -0.384. The van der Waals surface area contributed by atoms with Crippen molar-refractivity contribution >= 4 is 23.3 Å². The SMILES string of the molecule is O=C(Nc1c(F)cccc1[N+](=O)[O-])c1nc[nH]c1C(=O)O. The Morgan fingerprint density at radius 2 is 2.14 bits per heavy atom. The molecule has 0 aliphatic carbocycles. The predicted molar refractivity (Wildman–Crippen MR) is 66.6 cm³/mol. The lowest BCUT2D eigenvalue weighted by Crippen LogP contribution is -2.18. The van der Waals surface area contributed by atoms with Gasteiger partial charge in [0.25, 0.3) is 11.6 Å². The highest BCUT2D eigenvalue weighted by Crippen LogP contribution is 2.27. The first kappa shape index (κ1) is 14.1. The van der Waals surface area contributed by atoms with Crippen molar-refractivity contribution in [2.24, 2.45) is 0 Å². The van der Waals surface area contributed by atoms with Crippen LogP contribution in [0.15, 0.2) is 24.5 Å². The minimum atomic E-state index is -1.44. The number of benzene rings is 1. The van der Waals surface area contributed by atoms with Crippen LogP contribution in [-0.2, 0) is 0 Å². The van der Waals surface area contributed by atoms with E-state index in [9.17, 15) is 24.1 Å². The largest absolute Gasteiger partial charge is 0.477 e. The van der Waals surface area contributed by atoms with E-state index in [1.54, 1.807) is 0 Å². The first-order valence-corrected chi connectivity index (χ1v) is 5.42. The number of anilines is 1. The van der Waals surface area contributed by atoms with Crippen LogP contribution in [0.1, 0.15) is 21.0 Å². The maximum atomic E-state index is 13.6. The van der Waals surface area contributed by atoms with Crippen molar-refractivity contribution in [2.45, 2.75) is 0 Å². The van der Waals surface area contributed by atoms with Gasteiger partial charge in [-0.25, -0.2) is 14.2 Å². The van der Waals surface area contributed by atoms with E-state index in [1.807, 2.05) is 5.32 Å². The van der Waals surface area contributed by atoms with Gasteiger partial charge in [-0.1, -0.05) is 6.07 Å². The molecule has 2 aromatic rings. The van der Waals surface area contributed by atoms with Gasteiger partial charge in [0, 0.05) is 6.07 Å². The molecule has 0 unspecified atom stereocenters. The normalized spacial score (nSPS) is 10.1. The number of H-pyrrole nitrogens is 1. The van der Waals surface area contributed by atoms with Gasteiger partial charge in [-0.05, 0) is 6.07 Å². The number of nitro benzene ring substituents is 1. The lowest BCUT2D eigenvalue weighted by Gasteiger charge is -2.06. The summed E-state index contributed by atoms with van der Waals surface area (Å²) in [6, 6.07) is 3.03. The molecule has 108 valence electrons. The average molecular weight is 294 g/mol. The van der Waals surface area contributed by atoms with Gasteiger partial charge in [0.15, 0.2) is 22.9 Å². The maximum absolute atomic E-state index is 13.6. The van der Waals surface area contributed by atoms with Crippen molar-refractivity contribution in [3.05, 3.63) is 51.8 Å². The quantitative estimate of drug-likeness (QED) is 0.575. The van der Waals surface area contributed by atoms with Crippen LogP contribution in [0.2, 0.25) is 0 Å². The highest BCUT2D eigenvalue weighted by molar-refractivity contribution is 6.09. The maximum Gasteiger partial charge on any atom is 0.354 e. The third kappa shape index (κ3) is 2.68. The molecule has 0 atom stereocenters. The fraction of sp³-hybridized carbons (Fsp3) is 0. The second-order valence-corrected chi connectivity index (χ2v) is 3.78. The number of amides is 1. The van der Waals surface area contributed by atoms with Gasteiger partial charge < -0.3 is 15.4 Å². The number of aromatic nitrogens is 2. The molecule has 0 radical (unpaired) electrons. The van der Waals surface area contributed by atoms with Crippen LogP contribution in [0.25, 0.3) is 0 Å². The number of aromatic amines is 1. The summed E-state index contributed by atoms with van der Waals surface area (Å²) >= 11 is 0. The lowest BCUT2D eigenvalue weighted by atomic mass is 10.2. The number of hydrogen-bond donors (Lipinski definition) is 3. The Labute approximate surface area is 115 Å². The molecule has 1 aromatic heterocycles.